The number of esters is 1. The van der Waals surface area contributed by atoms with Crippen LogP contribution in [-0.4, -0.2) is 65.2 Å². The van der Waals surface area contributed by atoms with Crippen molar-refractivity contribution in [1.82, 2.24) is 9.80 Å². The molecule has 0 radical (unpaired) electrons. The summed E-state index contributed by atoms with van der Waals surface area (Å²) in [6.45, 7) is 9.83. The highest BCUT2D eigenvalue weighted by molar-refractivity contribution is 5.83. The zero-order chi connectivity index (χ0) is 27.7. The molecule has 210 valence electrons. The first-order valence-corrected chi connectivity index (χ1v) is 13.9. The van der Waals surface area contributed by atoms with Gasteiger partial charge in [0, 0.05) is 24.5 Å². The normalized spacial score (nSPS) is 24.1. The van der Waals surface area contributed by atoms with Crippen LogP contribution in [0, 0.1) is 11.3 Å². The highest BCUT2D eigenvalue weighted by Gasteiger charge is 2.58. The molecule has 1 aromatic carbocycles. The van der Waals surface area contributed by atoms with Crippen LogP contribution in [-0.2, 0) is 14.3 Å². The van der Waals surface area contributed by atoms with Crippen LogP contribution < -0.4 is 0 Å². The van der Waals surface area contributed by atoms with E-state index >= 15 is 0 Å². The van der Waals surface area contributed by atoms with E-state index in [1.165, 1.54) is 4.90 Å². The van der Waals surface area contributed by atoms with E-state index in [1.807, 2.05) is 58.0 Å². The van der Waals surface area contributed by atoms with Gasteiger partial charge < -0.3 is 14.5 Å². The maximum Gasteiger partial charge on any atom is 0.471 e. The molecule has 1 amide bonds. The Bertz CT molecular complexity index is 1020. The van der Waals surface area contributed by atoms with Crippen molar-refractivity contribution in [2.24, 2.45) is 11.3 Å². The van der Waals surface area contributed by atoms with E-state index in [2.05, 4.69) is 11.0 Å². The summed E-state index contributed by atoms with van der Waals surface area (Å²) in [7, 11) is 0. The summed E-state index contributed by atoms with van der Waals surface area (Å²) in [5.41, 5.74) is 1.63. The Kier molecular flexibility index (Phi) is 8.31. The second kappa shape index (κ2) is 11.0. The Morgan fingerprint density at radius 3 is 2.29 bits per heavy atom. The average molecular weight is 535 g/mol. The van der Waals surface area contributed by atoms with Crippen molar-refractivity contribution in [3.8, 4) is 0 Å². The van der Waals surface area contributed by atoms with Crippen molar-refractivity contribution in [1.29, 1.82) is 0 Å². The number of ether oxygens (including phenoxy) is 1. The fourth-order valence-corrected chi connectivity index (χ4v) is 6.29. The molecular weight excluding hydrogens is 493 g/mol. The lowest BCUT2D eigenvalue weighted by Gasteiger charge is -2.55. The lowest BCUT2D eigenvalue weighted by molar-refractivity contribution is -0.194. The Morgan fingerprint density at radius 1 is 1.11 bits per heavy atom. The zero-order valence-electron chi connectivity index (χ0n) is 23.0. The molecule has 1 saturated heterocycles. The van der Waals surface area contributed by atoms with Gasteiger partial charge in [-0.3, -0.25) is 9.59 Å². The predicted octanol–water partition coefficient (Wildman–Crippen LogP) is 6.24. The maximum atomic E-state index is 13.7. The molecule has 2 aliphatic carbocycles. The highest BCUT2D eigenvalue weighted by atomic mass is 19.4. The molecule has 0 N–H and O–H groups in total. The molecule has 38 heavy (non-hydrogen) atoms. The number of carbonyl (C=O) groups excluding carboxylic acids is 2. The van der Waals surface area contributed by atoms with Gasteiger partial charge in [-0.05, 0) is 83.4 Å². The maximum absolute atomic E-state index is 13.7. The molecule has 0 aromatic heterocycles. The van der Waals surface area contributed by atoms with Gasteiger partial charge in [-0.1, -0.05) is 48.9 Å². The summed E-state index contributed by atoms with van der Waals surface area (Å²) in [5.74, 6) is -1.91. The van der Waals surface area contributed by atoms with Crippen molar-refractivity contribution < 1.29 is 27.5 Å². The van der Waals surface area contributed by atoms with Crippen molar-refractivity contribution in [3.63, 3.8) is 0 Å². The van der Waals surface area contributed by atoms with E-state index in [9.17, 15) is 22.8 Å². The summed E-state index contributed by atoms with van der Waals surface area (Å²) in [6, 6.07) is 9.06. The van der Waals surface area contributed by atoms with Gasteiger partial charge in [0.05, 0.1) is 6.42 Å². The minimum Gasteiger partial charge on any atom is -0.460 e. The van der Waals surface area contributed by atoms with Crippen LogP contribution >= 0.6 is 0 Å². The first-order valence-electron chi connectivity index (χ1n) is 13.9. The van der Waals surface area contributed by atoms with E-state index in [-0.39, 0.29) is 29.4 Å². The van der Waals surface area contributed by atoms with Gasteiger partial charge in [0.15, 0.2) is 0 Å². The molecule has 8 heteroatoms. The van der Waals surface area contributed by atoms with E-state index in [0.717, 1.165) is 43.5 Å². The summed E-state index contributed by atoms with van der Waals surface area (Å²) < 4.78 is 46.3. The van der Waals surface area contributed by atoms with Crippen LogP contribution in [0.4, 0.5) is 13.2 Å². The van der Waals surface area contributed by atoms with Gasteiger partial charge in [0.1, 0.15) is 5.60 Å². The Labute approximate surface area is 224 Å². The third kappa shape index (κ3) is 6.99. The second-order valence-electron chi connectivity index (χ2n) is 12.3. The lowest BCUT2D eigenvalue weighted by atomic mass is 9.60. The fourth-order valence-electron chi connectivity index (χ4n) is 6.29. The molecule has 5 nitrogen and oxygen atoms in total. The molecule has 4 rings (SSSR count). The van der Waals surface area contributed by atoms with Gasteiger partial charge in [0.25, 0.3) is 0 Å². The Balaban J connectivity index is 1.34. The number of hydrogen-bond acceptors (Lipinski definition) is 4. The van der Waals surface area contributed by atoms with Gasteiger partial charge in [-0.25, -0.2) is 0 Å². The van der Waals surface area contributed by atoms with E-state index in [4.69, 9.17) is 4.74 Å². The molecule has 2 atom stereocenters. The number of carbonyl (C=O) groups is 2. The number of benzene rings is 1. The fraction of sp³-hybridized carbons (Fsp3) is 0.667. The molecule has 1 heterocycles. The molecule has 2 saturated carbocycles. The van der Waals surface area contributed by atoms with E-state index < -0.39 is 17.7 Å². The van der Waals surface area contributed by atoms with E-state index in [0.29, 0.717) is 32.2 Å². The second-order valence-corrected chi connectivity index (χ2v) is 12.3. The van der Waals surface area contributed by atoms with E-state index in [1.54, 1.807) is 0 Å². The number of hydrogen-bond donors (Lipinski definition) is 0. The number of rotatable bonds is 8. The lowest BCUT2D eigenvalue weighted by Crippen LogP contribution is -2.59. The first kappa shape index (κ1) is 28.7. The molecule has 0 bridgehead atoms. The smallest absolute Gasteiger partial charge is 0.460 e. The van der Waals surface area contributed by atoms with Crippen LogP contribution in [0.5, 0.6) is 0 Å². The number of likely N-dealkylation sites (tertiary alicyclic amines) is 1. The summed E-state index contributed by atoms with van der Waals surface area (Å²) in [5, 5.41) is 0. The topological polar surface area (TPSA) is 49.9 Å². The van der Waals surface area contributed by atoms with Crippen LogP contribution in [0.15, 0.2) is 35.9 Å². The number of piperidine rings is 1. The quantitative estimate of drug-likeness (QED) is 0.371. The number of amides is 1. The molecular formula is C30H41F3N2O3. The van der Waals surface area contributed by atoms with Crippen LogP contribution in [0.2, 0.25) is 0 Å². The minimum atomic E-state index is -4.86. The monoisotopic (exact) mass is 534 g/mol. The third-order valence-corrected chi connectivity index (χ3v) is 8.33. The van der Waals surface area contributed by atoms with Crippen LogP contribution in [0.1, 0.15) is 78.2 Å². The minimum absolute atomic E-state index is 0.00490. The molecule has 1 aromatic rings. The Morgan fingerprint density at radius 2 is 1.74 bits per heavy atom. The number of alkyl halides is 3. The summed E-state index contributed by atoms with van der Waals surface area (Å²) in [4.78, 5) is 28.1. The zero-order valence-corrected chi connectivity index (χ0v) is 23.0. The first-order chi connectivity index (χ1) is 17.8. The van der Waals surface area contributed by atoms with Gasteiger partial charge in [-0.2, -0.15) is 13.2 Å². The molecule has 1 spiro atoms. The molecule has 3 aliphatic rings. The Hall–Kier alpha value is -2.35. The van der Waals surface area contributed by atoms with Crippen molar-refractivity contribution in [3.05, 3.63) is 41.5 Å². The molecule has 1 aliphatic heterocycles. The standard InChI is InChI=1S/C30H41F3N2O3/c1-5-22(17-21-9-7-6-8-10-21)24-18-25(24)35(27(37)30(31,32)33)23-19-29(20-23)12-15-34(16-13-29)14-11-26(36)38-28(2,3)4/h6-10,17,23-25H,5,11-16,18-20H2,1-4H3/t24?,25-/m0/s1. The van der Waals surface area contributed by atoms with Crippen LogP contribution in [0.3, 0.4) is 0 Å². The summed E-state index contributed by atoms with van der Waals surface area (Å²) >= 11 is 0. The summed E-state index contributed by atoms with van der Waals surface area (Å²) in [6.07, 6.45) is 1.90. The largest absolute Gasteiger partial charge is 0.471 e. The highest BCUT2D eigenvalue weighted by Crippen LogP contribution is 2.55. The van der Waals surface area contributed by atoms with Crippen LogP contribution in [0.25, 0.3) is 6.08 Å². The number of nitrogens with zero attached hydrogens (tertiary/aromatic N) is 2. The van der Waals surface area contributed by atoms with Crippen molar-refractivity contribution in [2.45, 2.75) is 96.5 Å². The van der Waals surface area contributed by atoms with Gasteiger partial charge in [-0.15, -0.1) is 0 Å². The van der Waals surface area contributed by atoms with Gasteiger partial charge >= 0.3 is 18.1 Å². The number of halogens is 3. The SMILES string of the molecule is CCC(=Cc1ccccc1)C1C[C@@H]1N(C(=O)C(F)(F)F)C1CC2(CCN(CCC(=O)OC(C)(C)C)CC2)C1. The average Bonchev–Trinajstić information content (AvgIpc) is 3.60. The third-order valence-electron chi connectivity index (χ3n) is 8.33. The van der Waals surface area contributed by atoms with Crippen molar-refractivity contribution in [2.75, 3.05) is 19.6 Å². The molecule has 1 unspecified atom stereocenters. The van der Waals surface area contributed by atoms with Crippen molar-refractivity contribution >= 4 is 18.0 Å². The van der Waals surface area contributed by atoms with Gasteiger partial charge in [0.2, 0.25) is 0 Å². The predicted molar refractivity (Wildman–Crippen MR) is 141 cm³/mol. The molecule has 3 fully saturated rings.